The van der Waals surface area contributed by atoms with Gasteiger partial charge in [-0.15, -0.1) is 0 Å². The van der Waals surface area contributed by atoms with Gasteiger partial charge < -0.3 is 5.32 Å². The molecule has 1 saturated heterocycles. The van der Waals surface area contributed by atoms with Crippen molar-refractivity contribution >= 4 is 37.5 Å². The molecule has 1 aromatic rings. The Kier molecular flexibility index (Phi) is 5.40. The Morgan fingerprint density at radius 1 is 1.48 bits per heavy atom. The molecule has 2 rings (SSSR count). The van der Waals surface area contributed by atoms with Gasteiger partial charge in [0.15, 0.2) is 0 Å². The largest absolute Gasteiger partial charge is 0.325 e. The average Bonchev–Trinajstić information content (AvgIpc) is 2.88. The second kappa shape index (κ2) is 6.89. The van der Waals surface area contributed by atoms with E-state index in [4.69, 9.17) is 0 Å². The number of benzene rings is 1. The van der Waals surface area contributed by atoms with E-state index in [1.165, 1.54) is 4.31 Å². The molecule has 1 N–H and O–H groups in total. The number of carbonyl (C=O) groups excluding carboxylic acids is 1. The first kappa shape index (κ1) is 16.5. The molecule has 1 atom stereocenters. The minimum atomic E-state index is -3.34. The normalized spacial score (nSPS) is 19.6. The molecule has 0 bridgehead atoms. The van der Waals surface area contributed by atoms with Gasteiger partial charge in [-0.1, -0.05) is 28.9 Å². The van der Waals surface area contributed by atoms with E-state index in [1.54, 1.807) is 12.1 Å². The fourth-order valence-corrected chi connectivity index (χ4v) is 4.65. The smallest absolute Gasteiger partial charge is 0.242 e. The number of rotatable bonds is 5. The highest BCUT2D eigenvalue weighted by Gasteiger charge is 2.37. The van der Waals surface area contributed by atoms with Crippen LogP contribution in [0.3, 0.4) is 0 Å². The number of carbonyl (C=O) groups is 1. The van der Waals surface area contributed by atoms with Crippen LogP contribution in [0.4, 0.5) is 5.69 Å². The van der Waals surface area contributed by atoms with Crippen molar-refractivity contribution in [3.8, 4) is 0 Å². The maximum atomic E-state index is 12.4. The summed E-state index contributed by atoms with van der Waals surface area (Å²) >= 11 is 3.34. The van der Waals surface area contributed by atoms with Crippen molar-refractivity contribution in [3.05, 3.63) is 28.7 Å². The molecule has 21 heavy (non-hydrogen) atoms. The van der Waals surface area contributed by atoms with E-state index in [9.17, 15) is 13.2 Å². The van der Waals surface area contributed by atoms with Crippen LogP contribution in [0.5, 0.6) is 0 Å². The Balaban J connectivity index is 2.11. The van der Waals surface area contributed by atoms with Crippen LogP contribution in [0.15, 0.2) is 28.7 Å². The molecule has 1 heterocycles. The standard InChI is InChI=1S/C14H19BrN2O3S/c1-2-9-21(19,20)17-8-4-7-13(17)14(18)16-12-6-3-5-11(15)10-12/h3,5-6,10,13H,2,4,7-9H2,1H3,(H,16,18). The zero-order chi connectivity index (χ0) is 15.5. The van der Waals surface area contributed by atoms with E-state index in [1.807, 2.05) is 19.1 Å². The zero-order valence-corrected chi connectivity index (χ0v) is 14.3. The summed E-state index contributed by atoms with van der Waals surface area (Å²) in [5.41, 5.74) is 0.661. The van der Waals surface area contributed by atoms with Crippen LogP contribution in [0.25, 0.3) is 0 Å². The third kappa shape index (κ3) is 4.05. The average molecular weight is 375 g/mol. The Hall–Kier alpha value is -0.920. The van der Waals surface area contributed by atoms with Crippen LogP contribution in [0, 0.1) is 0 Å². The molecule has 0 aliphatic carbocycles. The van der Waals surface area contributed by atoms with E-state index in [0.717, 1.165) is 10.9 Å². The van der Waals surface area contributed by atoms with E-state index in [0.29, 0.717) is 25.1 Å². The van der Waals surface area contributed by atoms with Crippen LogP contribution in [-0.4, -0.2) is 37.0 Å². The number of amides is 1. The number of nitrogens with one attached hydrogen (secondary N) is 1. The quantitative estimate of drug-likeness (QED) is 0.860. The molecule has 1 aliphatic rings. The Bertz CT molecular complexity index is 618. The molecule has 0 radical (unpaired) electrons. The molecule has 1 amide bonds. The van der Waals surface area contributed by atoms with Crippen LogP contribution >= 0.6 is 15.9 Å². The lowest BCUT2D eigenvalue weighted by atomic mass is 10.2. The van der Waals surface area contributed by atoms with Crippen molar-refractivity contribution < 1.29 is 13.2 Å². The van der Waals surface area contributed by atoms with Gasteiger partial charge in [0.05, 0.1) is 5.75 Å². The highest BCUT2D eigenvalue weighted by Crippen LogP contribution is 2.24. The van der Waals surface area contributed by atoms with E-state index in [2.05, 4.69) is 21.2 Å². The summed E-state index contributed by atoms with van der Waals surface area (Å²) in [5, 5.41) is 2.79. The molecule has 1 unspecified atom stereocenters. The predicted octanol–water partition coefficient (Wildman–Crippen LogP) is 2.59. The molecule has 5 nitrogen and oxygen atoms in total. The Morgan fingerprint density at radius 3 is 2.90 bits per heavy atom. The number of anilines is 1. The predicted molar refractivity (Wildman–Crippen MR) is 86.6 cm³/mol. The molecule has 1 aliphatic heterocycles. The summed E-state index contributed by atoms with van der Waals surface area (Å²) in [6.45, 7) is 2.25. The first-order valence-electron chi connectivity index (χ1n) is 7.00. The molecule has 0 spiro atoms. The van der Waals surface area contributed by atoms with Crippen molar-refractivity contribution in [2.45, 2.75) is 32.2 Å². The summed E-state index contributed by atoms with van der Waals surface area (Å²) in [7, 11) is -3.34. The van der Waals surface area contributed by atoms with Gasteiger partial charge in [-0.2, -0.15) is 4.31 Å². The number of sulfonamides is 1. The van der Waals surface area contributed by atoms with Crippen molar-refractivity contribution in [2.24, 2.45) is 0 Å². The molecule has 1 aromatic carbocycles. The molecule has 1 fully saturated rings. The number of hydrogen-bond donors (Lipinski definition) is 1. The number of halogens is 1. The summed E-state index contributed by atoms with van der Waals surface area (Å²) in [6.07, 6.45) is 1.85. The summed E-state index contributed by atoms with van der Waals surface area (Å²) in [4.78, 5) is 12.4. The molecule has 116 valence electrons. The molecule has 7 heteroatoms. The Morgan fingerprint density at radius 2 is 2.24 bits per heavy atom. The fraction of sp³-hybridized carbons (Fsp3) is 0.500. The second-order valence-corrected chi connectivity index (χ2v) is 8.04. The van der Waals surface area contributed by atoms with Gasteiger partial charge in [-0.25, -0.2) is 8.42 Å². The Labute approximate surface area is 133 Å². The van der Waals surface area contributed by atoms with Crippen LogP contribution in [0.2, 0.25) is 0 Å². The molecular weight excluding hydrogens is 356 g/mol. The SMILES string of the molecule is CCCS(=O)(=O)N1CCCC1C(=O)Nc1cccc(Br)c1. The first-order valence-corrected chi connectivity index (χ1v) is 9.40. The maximum absolute atomic E-state index is 12.4. The van der Waals surface area contributed by atoms with E-state index < -0.39 is 16.1 Å². The van der Waals surface area contributed by atoms with Gasteiger partial charge in [-0.3, -0.25) is 4.79 Å². The van der Waals surface area contributed by atoms with Crippen molar-refractivity contribution in [1.82, 2.24) is 4.31 Å². The minimum absolute atomic E-state index is 0.0909. The fourth-order valence-electron chi connectivity index (χ4n) is 2.50. The van der Waals surface area contributed by atoms with Gasteiger partial charge in [0.2, 0.25) is 15.9 Å². The van der Waals surface area contributed by atoms with Crippen molar-refractivity contribution in [3.63, 3.8) is 0 Å². The van der Waals surface area contributed by atoms with Gasteiger partial charge in [0, 0.05) is 16.7 Å². The molecule has 0 saturated carbocycles. The van der Waals surface area contributed by atoms with Gasteiger partial charge in [-0.05, 0) is 37.5 Å². The highest BCUT2D eigenvalue weighted by atomic mass is 79.9. The summed E-state index contributed by atoms with van der Waals surface area (Å²) in [5.74, 6) is -0.168. The third-order valence-electron chi connectivity index (χ3n) is 3.42. The second-order valence-electron chi connectivity index (χ2n) is 5.08. The lowest BCUT2D eigenvalue weighted by Crippen LogP contribution is -2.44. The van der Waals surface area contributed by atoms with Crippen molar-refractivity contribution in [2.75, 3.05) is 17.6 Å². The monoisotopic (exact) mass is 374 g/mol. The van der Waals surface area contributed by atoms with E-state index in [-0.39, 0.29) is 11.7 Å². The highest BCUT2D eigenvalue weighted by molar-refractivity contribution is 9.10. The number of hydrogen-bond acceptors (Lipinski definition) is 3. The topological polar surface area (TPSA) is 66.5 Å². The summed E-state index contributed by atoms with van der Waals surface area (Å²) in [6, 6.07) is 6.66. The lowest BCUT2D eigenvalue weighted by Gasteiger charge is -2.23. The van der Waals surface area contributed by atoms with Crippen LogP contribution < -0.4 is 5.32 Å². The minimum Gasteiger partial charge on any atom is -0.325 e. The van der Waals surface area contributed by atoms with Crippen LogP contribution in [0.1, 0.15) is 26.2 Å². The first-order chi connectivity index (χ1) is 9.94. The van der Waals surface area contributed by atoms with Crippen LogP contribution in [-0.2, 0) is 14.8 Å². The van der Waals surface area contributed by atoms with Gasteiger partial charge in [0.25, 0.3) is 0 Å². The maximum Gasteiger partial charge on any atom is 0.242 e. The third-order valence-corrected chi connectivity index (χ3v) is 5.99. The van der Waals surface area contributed by atoms with Crippen molar-refractivity contribution in [1.29, 1.82) is 0 Å². The summed E-state index contributed by atoms with van der Waals surface area (Å²) < 4.78 is 26.6. The molecular formula is C14H19BrN2O3S. The van der Waals surface area contributed by atoms with E-state index >= 15 is 0 Å². The van der Waals surface area contributed by atoms with Gasteiger partial charge in [0.1, 0.15) is 6.04 Å². The van der Waals surface area contributed by atoms with Gasteiger partial charge >= 0.3 is 0 Å². The number of nitrogens with zero attached hydrogens (tertiary/aromatic N) is 1. The zero-order valence-electron chi connectivity index (χ0n) is 11.9. The lowest BCUT2D eigenvalue weighted by molar-refractivity contribution is -0.119. The molecule has 0 aromatic heterocycles.